The van der Waals surface area contributed by atoms with Crippen LogP contribution < -0.4 is 0 Å². The number of rotatable bonds is 7. The number of carbonyl (C=O) groups is 1. The highest BCUT2D eigenvalue weighted by molar-refractivity contribution is 5.82. The molecule has 152 valence electrons. The summed E-state index contributed by atoms with van der Waals surface area (Å²) in [5.74, 6) is -0.426. The average Bonchev–Trinajstić information content (AvgIpc) is 2.50. The van der Waals surface area contributed by atoms with Crippen molar-refractivity contribution in [3.63, 3.8) is 0 Å². The molecule has 0 aromatic carbocycles. The van der Waals surface area contributed by atoms with E-state index in [2.05, 4.69) is 0 Å². The first kappa shape index (κ1) is 23.0. The van der Waals surface area contributed by atoms with Crippen molar-refractivity contribution in [2.75, 3.05) is 6.61 Å². The van der Waals surface area contributed by atoms with Crippen LogP contribution >= 0.6 is 0 Å². The normalized spacial score (nSPS) is 30.6. The van der Waals surface area contributed by atoms with Crippen LogP contribution in [0.1, 0.15) is 47.5 Å². The van der Waals surface area contributed by atoms with E-state index in [9.17, 15) is 25.2 Å². The fourth-order valence-electron chi connectivity index (χ4n) is 2.48. The van der Waals surface area contributed by atoms with E-state index in [1.807, 2.05) is 0 Å². The van der Waals surface area contributed by atoms with Gasteiger partial charge < -0.3 is 34.6 Å². The Morgan fingerprint density at radius 3 is 2.23 bits per heavy atom. The predicted octanol–water partition coefficient (Wildman–Crippen LogP) is 0.260. The number of aliphatic hydroxyl groups excluding tert-OH is 4. The van der Waals surface area contributed by atoms with E-state index in [1.165, 1.54) is 6.08 Å². The fourth-order valence-corrected chi connectivity index (χ4v) is 2.48. The summed E-state index contributed by atoms with van der Waals surface area (Å²) >= 11 is 0. The minimum Gasteiger partial charge on any atom is -0.457 e. The Bertz CT molecular complexity index is 480. The number of aliphatic hydroxyl groups is 4. The van der Waals surface area contributed by atoms with Crippen molar-refractivity contribution in [3.8, 4) is 0 Å². The molecule has 2 unspecified atom stereocenters. The minimum atomic E-state index is -1.48. The Kier molecular flexibility index (Phi) is 8.19. The van der Waals surface area contributed by atoms with Gasteiger partial charge in [0.25, 0.3) is 0 Å². The number of allylic oxidation sites excluding steroid dienone is 1. The highest BCUT2D eigenvalue weighted by Crippen LogP contribution is 2.27. The van der Waals surface area contributed by atoms with E-state index in [0.29, 0.717) is 12.8 Å². The first-order valence-electron chi connectivity index (χ1n) is 8.74. The molecule has 4 N–H and O–H groups in total. The van der Waals surface area contributed by atoms with Crippen molar-refractivity contribution >= 4 is 5.97 Å². The highest BCUT2D eigenvalue weighted by atomic mass is 16.7. The predicted molar refractivity (Wildman–Crippen MR) is 93.2 cm³/mol. The molecule has 8 nitrogen and oxygen atoms in total. The van der Waals surface area contributed by atoms with Gasteiger partial charge in [-0.2, -0.15) is 0 Å². The van der Waals surface area contributed by atoms with Gasteiger partial charge in [-0.1, -0.05) is 6.08 Å². The van der Waals surface area contributed by atoms with Gasteiger partial charge in [0.15, 0.2) is 6.29 Å². The van der Waals surface area contributed by atoms with Crippen molar-refractivity contribution < 1.29 is 39.4 Å². The third kappa shape index (κ3) is 7.30. The van der Waals surface area contributed by atoms with Crippen molar-refractivity contribution in [2.45, 2.75) is 89.4 Å². The number of carbonyl (C=O) groups excluding carboxylic acids is 1. The first-order chi connectivity index (χ1) is 11.9. The van der Waals surface area contributed by atoms with E-state index in [4.69, 9.17) is 14.2 Å². The number of hydrogen-bond acceptors (Lipinski definition) is 8. The molecule has 0 aliphatic carbocycles. The lowest BCUT2D eigenvalue weighted by atomic mass is 9.98. The molecular formula is C18H32O8. The van der Waals surface area contributed by atoms with Crippen molar-refractivity contribution in [2.24, 2.45) is 0 Å². The van der Waals surface area contributed by atoms with E-state index in [-0.39, 0.29) is 0 Å². The Hall–Kier alpha value is -1.03. The maximum atomic E-state index is 11.6. The monoisotopic (exact) mass is 376 g/mol. The lowest BCUT2D eigenvalue weighted by Crippen LogP contribution is -2.60. The summed E-state index contributed by atoms with van der Waals surface area (Å²) in [6.45, 7) is 8.40. The average molecular weight is 376 g/mol. The van der Waals surface area contributed by atoms with Gasteiger partial charge in [-0.15, -0.1) is 0 Å². The molecule has 1 heterocycles. The van der Waals surface area contributed by atoms with Crippen LogP contribution in [0.2, 0.25) is 0 Å². The number of ether oxygens (including phenoxy) is 3. The zero-order chi connectivity index (χ0) is 20.1. The Balaban J connectivity index is 2.54. The molecule has 5 atom stereocenters. The zero-order valence-corrected chi connectivity index (χ0v) is 16.1. The molecule has 1 fully saturated rings. The molecule has 8 heteroatoms. The van der Waals surface area contributed by atoms with Crippen molar-refractivity contribution in [1.29, 1.82) is 0 Å². The molecule has 0 saturated carbocycles. The standard InChI is InChI=1S/C18H32O8/c1-17(2,3)25-12(20)8-6-7-9-18(4,5)26-16-15(23)14(22)13(21)11(10-19)24-16/h6,8,11,13-16,19,21-23H,7,9-10H2,1-5H3/b8-6+/t11-,13-,14?,15-,16?/m1/s1. The molecule has 0 radical (unpaired) electrons. The lowest BCUT2D eigenvalue weighted by molar-refractivity contribution is -0.323. The van der Waals surface area contributed by atoms with Crippen molar-refractivity contribution in [3.05, 3.63) is 12.2 Å². The molecule has 0 spiro atoms. The summed E-state index contributed by atoms with van der Waals surface area (Å²) < 4.78 is 16.2. The molecule has 0 aromatic heterocycles. The van der Waals surface area contributed by atoms with Crippen LogP contribution in [-0.2, 0) is 19.0 Å². The van der Waals surface area contributed by atoms with Gasteiger partial charge in [0.1, 0.15) is 30.0 Å². The highest BCUT2D eigenvalue weighted by Gasteiger charge is 2.45. The zero-order valence-electron chi connectivity index (χ0n) is 16.1. The molecular weight excluding hydrogens is 344 g/mol. The molecule has 1 saturated heterocycles. The molecule has 0 amide bonds. The molecule has 1 aliphatic heterocycles. The van der Waals surface area contributed by atoms with Gasteiger partial charge in [-0.3, -0.25) is 0 Å². The SMILES string of the molecule is CC(C)(C)OC(=O)/C=C/CCC(C)(C)OC1O[C@H](CO)[C@@H](O)C(O)[C@H]1O. The summed E-state index contributed by atoms with van der Waals surface area (Å²) in [5.41, 5.74) is -1.29. The molecule has 1 rings (SSSR count). The molecule has 0 aromatic rings. The van der Waals surface area contributed by atoms with Crippen LogP contribution in [0.5, 0.6) is 0 Å². The summed E-state index contributed by atoms with van der Waals surface area (Å²) in [4.78, 5) is 11.6. The van der Waals surface area contributed by atoms with Gasteiger partial charge in [0, 0.05) is 6.08 Å². The van der Waals surface area contributed by atoms with E-state index in [1.54, 1.807) is 40.7 Å². The van der Waals surface area contributed by atoms with Gasteiger partial charge in [-0.25, -0.2) is 4.79 Å². The topological polar surface area (TPSA) is 126 Å². The van der Waals surface area contributed by atoms with E-state index in [0.717, 1.165) is 0 Å². The van der Waals surface area contributed by atoms with Crippen LogP contribution in [0.25, 0.3) is 0 Å². The largest absolute Gasteiger partial charge is 0.457 e. The second kappa shape index (κ2) is 9.25. The Labute approximate surface area is 154 Å². The van der Waals surface area contributed by atoms with Crippen LogP contribution in [-0.4, -0.2) is 74.9 Å². The summed E-state index contributed by atoms with van der Waals surface area (Å²) in [7, 11) is 0. The fraction of sp³-hybridized carbons (Fsp3) is 0.833. The van der Waals surface area contributed by atoms with E-state index >= 15 is 0 Å². The van der Waals surface area contributed by atoms with Gasteiger partial charge in [0.2, 0.25) is 0 Å². The van der Waals surface area contributed by atoms with Crippen LogP contribution in [0.15, 0.2) is 12.2 Å². The third-order valence-electron chi connectivity index (χ3n) is 3.86. The second-order valence-electron chi connectivity index (χ2n) is 8.05. The Morgan fingerprint density at radius 1 is 1.08 bits per heavy atom. The van der Waals surface area contributed by atoms with E-state index < -0.39 is 54.5 Å². The minimum absolute atomic E-state index is 0.426. The summed E-state index contributed by atoms with van der Waals surface area (Å²) in [6.07, 6.45) is -2.49. The number of esters is 1. The summed E-state index contributed by atoms with van der Waals surface area (Å²) in [6, 6.07) is 0. The van der Waals surface area contributed by atoms with Crippen LogP contribution in [0.3, 0.4) is 0 Å². The van der Waals surface area contributed by atoms with Gasteiger partial charge >= 0.3 is 5.97 Å². The summed E-state index contributed by atoms with van der Waals surface area (Å²) in [5, 5.41) is 38.8. The van der Waals surface area contributed by atoms with Crippen molar-refractivity contribution in [1.82, 2.24) is 0 Å². The van der Waals surface area contributed by atoms with Crippen LogP contribution in [0.4, 0.5) is 0 Å². The molecule has 26 heavy (non-hydrogen) atoms. The van der Waals surface area contributed by atoms with Gasteiger partial charge in [0.05, 0.1) is 12.2 Å². The number of hydrogen-bond donors (Lipinski definition) is 4. The lowest BCUT2D eigenvalue weighted by Gasteiger charge is -2.42. The maximum absolute atomic E-state index is 11.6. The molecule has 1 aliphatic rings. The quantitative estimate of drug-likeness (QED) is 0.368. The smallest absolute Gasteiger partial charge is 0.330 e. The third-order valence-corrected chi connectivity index (χ3v) is 3.86. The molecule has 0 bridgehead atoms. The maximum Gasteiger partial charge on any atom is 0.330 e. The van der Waals surface area contributed by atoms with Crippen LogP contribution in [0, 0.1) is 0 Å². The first-order valence-corrected chi connectivity index (χ1v) is 8.74. The Morgan fingerprint density at radius 2 is 1.69 bits per heavy atom. The van der Waals surface area contributed by atoms with Gasteiger partial charge in [-0.05, 0) is 47.5 Å². The second-order valence-corrected chi connectivity index (χ2v) is 8.05.